The van der Waals surface area contributed by atoms with Gasteiger partial charge in [-0.25, -0.2) is 4.79 Å². The molecule has 5 heteroatoms. The van der Waals surface area contributed by atoms with E-state index in [0.29, 0.717) is 0 Å². The Balaban J connectivity index is 1.56. The first-order valence-corrected chi connectivity index (χ1v) is 7.17. The molecule has 0 radical (unpaired) electrons. The van der Waals surface area contributed by atoms with E-state index in [-0.39, 0.29) is 24.6 Å². The normalized spacial score (nSPS) is 39.1. The van der Waals surface area contributed by atoms with Gasteiger partial charge in [-0.1, -0.05) is 0 Å². The molecule has 4 aliphatic rings. The Morgan fingerprint density at radius 2 is 1.42 bits per heavy atom. The minimum atomic E-state index is -0.828. The molecular weight excluding hydrogens is 246 g/mol. The lowest BCUT2D eigenvalue weighted by Gasteiger charge is -2.55. The lowest BCUT2D eigenvalue weighted by atomic mass is 9.49. The molecule has 4 aliphatic carbocycles. The third-order valence-corrected chi connectivity index (χ3v) is 5.03. The molecule has 0 aromatic rings. The summed E-state index contributed by atoms with van der Waals surface area (Å²) >= 11 is 0. The Hall–Kier alpha value is -1.26. The predicted molar refractivity (Wildman–Crippen MR) is 67.1 cm³/mol. The maximum Gasteiger partial charge on any atom is 0.404 e. The zero-order chi connectivity index (χ0) is 13.5. The monoisotopic (exact) mass is 267 g/mol. The topological polar surface area (TPSA) is 78.6 Å². The Bertz CT molecular complexity index is 358. The molecule has 0 aromatic carbocycles. The van der Waals surface area contributed by atoms with Gasteiger partial charge in [0, 0.05) is 0 Å². The van der Waals surface area contributed by atoms with Crippen LogP contribution < -0.4 is 5.73 Å². The van der Waals surface area contributed by atoms with Gasteiger partial charge in [-0.2, -0.15) is 0 Å². The molecular formula is C14H21NO4. The van der Waals surface area contributed by atoms with E-state index >= 15 is 0 Å². The third-order valence-electron chi connectivity index (χ3n) is 5.03. The Morgan fingerprint density at radius 3 is 1.89 bits per heavy atom. The van der Waals surface area contributed by atoms with Gasteiger partial charge in [0.2, 0.25) is 0 Å². The van der Waals surface area contributed by atoms with Crippen LogP contribution in [0.15, 0.2) is 0 Å². The van der Waals surface area contributed by atoms with Crippen LogP contribution in [0.1, 0.15) is 38.5 Å². The lowest BCUT2D eigenvalue weighted by molar-refractivity contribution is -0.172. The summed E-state index contributed by atoms with van der Waals surface area (Å²) in [4.78, 5) is 22.8. The number of esters is 1. The minimum Gasteiger partial charge on any atom is -0.462 e. The van der Waals surface area contributed by atoms with Crippen molar-refractivity contribution in [1.82, 2.24) is 0 Å². The van der Waals surface area contributed by atoms with Crippen LogP contribution in [0.25, 0.3) is 0 Å². The highest BCUT2D eigenvalue weighted by molar-refractivity contribution is 5.77. The van der Waals surface area contributed by atoms with Crippen LogP contribution in [0.2, 0.25) is 0 Å². The number of carbonyl (C=O) groups is 2. The van der Waals surface area contributed by atoms with Crippen LogP contribution in [-0.2, 0) is 14.3 Å². The Morgan fingerprint density at radius 1 is 0.947 bits per heavy atom. The van der Waals surface area contributed by atoms with Crippen molar-refractivity contribution < 1.29 is 19.1 Å². The lowest BCUT2D eigenvalue weighted by Crippen LogP contribution is -2.50. The second kappa shape index (κ2) is 4.69. The Kier molecular flexibility index (Phi) is 3.15. The number of primary amides is 1. The minimum absolute atomic E-state index is 0.0490. The van der Waals surface area contributed by atoms with Crippen molar-refractivity contribution in [1.29, 1.82) is 0 Å². The SMILES string of the molecule is NC(=O)OCCOC(=O)C12CC3CC(CC(C3)C1)C2. The van der Waals surface area contributed by atoms with Gasteiger partial charge in [-0.3, -0.25) is 4.79 Å². The zero-order valence-corrected chi connectivity index (χ0v) is 11.1. The summed E-state index contributed by atoms with van der Waals surface area (Å²) in [6, 6.07) is 0. The van der Waals surface area contributed by atoms with E-state index < -0.39 is 6.09 Å². The molecule has 106 valence electrons. The van der Waals surface area contributed by atoms with E-state index in [1.807, 2.05) is 0 Å². The average molecular weight is 267 g/mol. The molecule has 0 aromatic heterocycles. The number of amides is 1. The van der Waals surface area contributed by atoms with Crippen LogP contribution in [0, 0.1) is 23.2 Å². The van der Waals surface area contributed by atoms with Gasteiger partial charge >= 0.3 is 12.1 Å². The smallest absolute Gasteiger partial charge is 0.404 e. The molecule has 0 aliphatic heterocycles. The summed E-state index contributed by atoms with van der Waals surface area (Å²) in [5, 5.41) is 0. The summed E-state index contributed by atoms with van der Waals surface area (Å²) in [6.45, 7) is 0.164. The van der Waals surface area contributed by atoms with Crippen molar-refractivity contribution >= 4 is 12.1 Å². The molecule has 0 spiro atoms. The van der Waals surface area contributed by atoms with Gasteiger partial charge in [0.25, 0.3) is 0 Å². The molecule has 0 heterocycles. The summed E-state index contributed by atoms with van der Waals surface area (Å²) in [7, 11) is 0. The molecule has 4 rings (SSSR count). The van der Waals surface area contributed by atoms with Crippen LogP contribution >= 0.6 is 0 Å². The van der Waals surface area contributed by atoms with E-state index in [0.717, 1.165) is 37.0 Å². The summed E-state index contributed by atoms with van der Waals surface area (Å²) in [5.74, 6) is 2.08. The van der Waals surface area contributed by atoms with E-state index in [2.05, 4.69) is 4.74 Å². The van der Waals surface area contributed by atoms with Crippen molar-refractivity contribution in [3.63, 3.8) is 0 Å². The standard InChI is InChI=1S/C14H21NO4/c15-13(17)19-2-1-18-12(16)14-6-9-3-10(7-14)5-11(4-9)8-14/h9-11H,1-8H2,(H2,15,17). The highest BCUT2D eigenvalue weighted by atomic mass is 16.6. The number of hydrogen-bond acceptors (Lipinski definition) is 4. The quantitative estimate of drug-likeness (QED) is 0.622. The fraction of sp³-hybridized carbons (Fsp3) is 0.857. The zero-order valence-electron chi connectivity index (χ0n) is 11.1. The molecule has 2 N–H and O–H groups in total. The second-order valence-electron chi connectivity index (χ2n) is 6.50. The van der Waals surface area contributed by atoms with Crippen LogP contribution in [-0.4, -0.2) is 25.3 Å². The van der Waals surface area contributed by atoms with Gasteiger partial charge in [-0.15, -0.1) is 0 Å². The van der Waals surface area contributed by atoms with Crippen LogP contribution in [0.5, 0.6) is 0 Å². The maximum absolute atomic E-state index is 12.3. The van der Waals surface area contributed by atoms with Crippen LogP contribution in [0.4, 0.5) is 4.79 Å². The molecule has 4 bridgehead atoms. The fourth-order valence-corrected chi connectivity index (χ4v) is 4.79. The highest BCUT2D eigenvalue weighted by Gasteiger charge is 2.55. The predicted octanol–water partition coefficient (Wildman–Crippen LogP) is 1.84. The van der Waals surface area contributed by atoms with Crippen molar-refractivity contribution in [3.05, 3.63) is 0 Å². The molecule has 4 fully saturated rings. The summed E-state index contributed by atoms with van der Waals surface area (Å²) in [6.07, 6.45) is 6.06. The largest absolute Gasteiger partial charge is 0.462 e. The average Bonchev–Trinajstić information content (AvgIpc) is 2.32. The van der Waals surface area contributed by atoms with Gasteiger partial charge in [0.15, 0.2) is 0 Å². The number of ether oxygens (including phenoxy) is 2. The van der Waals surface area contributed by atoms with Crippen molar-refractivity contribution in [2.24, 2.45) is 28.9 Å². The van der Waals surface area contributed by atoms with Gasteiger partial charge in [0.1, 0.15) is 13.2 Å². The molecule has 19 heavy (non-hydrogen) atoms. The molecule has 1 amide bonds. The summed E-state index contributed by atoms with van der Waals surface area (Å²) < 4.78 is 9.88. The van der Waals surface area contributed by atoms with Crippen molar-refractivity contribution in [2.45, 2.75) is 38.5 Å². The highest BCUT2D eigenvalue weighted by Crippen LogP contribution is 2.60. The first-order chi connectivity index (χ1) is 9.07. The number of carbonyl (C=O) groups excluding carboxylic acids is 2. The second-order valence-corrected chi connectivity index (χ2v) is 6.50. The molecule has 0 atom stereocenters. The fourth-order valence-electron chi connectivity index (χ4n) is 4.79. The Labute approximate surface area is 112 Å². The van der Waals surface area contributed by atoms with E-state index in [4.69, 9.17) is 10.5 Å². The maximum atomic E-state index is 12.3. The van der Waals surface area contributed by atoms with Crippen molar-refractivity contribution in [2.75, 3.05) is 13.2 Å². The first kappa shape index (κ1) is 12.8. The first-order valence-electron chi connectivity index (χ1n) is 7.17. The van der Waals surface area contributed by atoms with E-state index in [1.54, 1.807) is 0 Å². The van der Waals surface area contributed by atoms with Gasteiger partial charge < -0.3 is 15.2 Å². The number of nitrogens with two attached hydrogens (primary N) is 1. The van der Waals surface area contributed by atoms with Gasteiger partial charge in [0.05, 0.1) is 5.41 Å². The van der Waals surface area contributed by atoms with Crippen molar-refractivity contribution in [3.8, 4) is 0 Å². The number of hydrogen-bond donors (Lipinski definition) is 1. The molecule has 0 saturated heterocycles. The molecule has 4 saturated carbocycles. The van der Waals surface area contributed by atoms with E-state index in [9.17, 15) is 9.59 Å². The third kappa shape index (κ3) is 2.42. The summed E-state index contributed by atoms with van der Waals surface area (Å²) in [5.41, 5.74) is 4.62. The van der Waals surface area contributed by atoms with Gasteiger partial charge in [-0.05, 0) is 56.3 Å². The number of rotatable bonds is 4. The van der Waals surface area contributed by atoms with E-state index in [1.165, 1.54) is 19.3 Å². The molecule has 0 unspecified atom stereocenters. The molecule has 5 nitrogen and oxygen atoms in total. The van der Waals surface area contributed by atoms with Crippen LogP contribution in [0.3, 0.4) is 0 Å².